The molecule has 1 saturated heterocycles. The van der Waals surface area contributed by atoms with Crippen LogP contribution in [-0.2, 0) is 17.1 Å². The molecule has 0 amide bonds. The first kappa shape index (κ1) is 25.5. The van der Waals surface area contributed by atoms with E-state index in [0.717, 1.165) is 44.3 Å². The molecule has 1 unspecified atom stereocenters. The van der Waals surface area contributed by atoms with Gasteiger partial charge in [-0.2, -0.15) is 9.49 Å². The Hall–Kier alpha value is -4.17. The molecule has 14 heteroatoms. The third kappa shape index (κ3) is 5.55. The lowest BCUT2D eigenvalue weighted by molar-refractivity contribution is 0.407. The molecule has 3 N–H and O–H groups in total. The van der Waals surface area contributed by atoms with Crippen LogP contribution in [0.15, 0.2) is 60.0 Å². The highest BCUT2D eigenvalue weighted by Crippen LogP contribution is 2.34. The lowest BCUT2D eigenvalue weighted by atomic mass is 10.1. The molecule has 1 fully saturated rings. The van der Waals surface area contributed by atoms with Gasteiger partial charge in [0.15, 0.2) is 11.6 Å². The minimum absolute atomic E-state index is 0.0153. The van der Waals surface area contributed by atoms with Gasteiger partial charge in [-0.3, -0.25) is 9.40 Å². The molecule has 38 heavy (non-hydrogen) atoms. The summed E-state index contributed by atoms with van der Waals surface area (Å²) in [6.45, 7) is 1.78. The van der Waals surface area contributed by atoms with Gasteiger partial charge >= 0.3 is 0 Å². The van der Waals surface area contributed by atoms with Crippen LogP contribution in [0, 0.1) is 11.6 Å². The molecule has 1 aromatic carbocycles. The summed E-state index contributed by atoms with van der Waals surface area (Å²) >= 11 is 0. The summed E-state index contributed by atoms with van der Waals surface area (Å²) in [5.74, 6) is -2.88. The Labute approximate surface area is 217 Å². The standard InChI is InChI=1S/C24H24F2N8O3S/c1-34-14-16(13-30-34)38(35,36)33-19-6-7-20(22(26)21(19)25)37-23-17(5-3-10-28-23)18-8-11-29-24(32-18)31-15-4-2-9-27-12-15/h3,5-8,10-11,13-15,27,33H,2,4,9,12H2,1H3,(H,29,31,32). The van der Waals surface area contributed by atoms with Crippen molar-refractivity contribution in [3.63, 3.8) is 0 Å². The quantitative estimate of drug-likeness (QED) is 0.306. The van der Waals surface area contributed by atoms with Crippen LogP contribution >= 0.6 is 0 Å². The molecule has 0 spiro atoms. The van der Waals surface area contributed by atoms with Crippen molar-refractivity contribution in [2.24, 2.45) is 7.05 Å². The summed E-state index contributed by atoms with van der Waals surface area (Å²) in [7, 11) is -2.65. The maximum Gasteiger partial charge on any atom is 0.265 e. The van der Waals surface area contributed by atoms with Crippen molar-refractivity contribution < 1.29 is 21.9 Å². The topological polar surface area (TPSA) is 136 Å². The number of pyridine rings is 1. The Morgan fingerprint density at radius 1 is 1.13 bits per heavy atom. The van der Waals surface area contributed by atoms with E-state index in [1.807, 2.05) is 4.72 Å². The second-order valence-electron chi connectivity index (χ2n) is 8.61. The Morgan fingerprint density at radius 3 is 2.76 bits per heavy atom. The van der Waals surface area contributed by atoms with Gasteiger partial charge in [0.2, 0.25) is 17.6 Å². The van der Waals surface area contributed by atoms with Crippen molar-refractivity contribution in [2.75, 3.05) is 23.1 Å². The number of aryl methyl sites for hydroxylation is 1. The number of halogens is 2. The van der Waals surface area contributed by atoms with Crippen LogP contribution < -0.4 is 20.1 Å². The van der Waals surface area contributed by atoms with Gasteiger partial charge in [-0.25, -0.2) is 27.8 Å². The number of hydrogen-bond donors (Lipinski definition) is 3. The summed E-state index contributed by atoms with van der Waals surface area (Å²) < 4.78 is 63.7. The van der Waals surface area contributed by atoms with E-state index in [4.69, 9.17) is 4.74 Å². The lowest BCUT2D eigenvalue weighted by Crippen LogP contribution is -2.38. The van der Waals surface area contributed by atoms with Crippen LogP contribution in [0.2, 0.25) is 0 Å². The van der Waals surface area contributed by atoms with Gasteiger partial charge in [0.05, 0.1) is 23.1 Å². The van der Waals surface area contributed by atoms with Crippen LogP contribution in [0.5, 0.6) is 11.6 Å². The van der Waals surface area contributed by atoms with Crippen molar-refractivity contribution in [3.8, 4) is 22.9 Å². The number of rotatable bonds is 8. The zero-order valence-corrected chi connectivity index (χ0v) is 21.0. The predicted molar refractivity (Wildman–Crippen MR) is 135 cm³/mol. The van der Waals surface area contributed by atoms with Crippen LogP contribution in [0.1, 0.15) is 12.8 Å². The molecule has 3 aromatic heterocycles. The molecular weight excluding hydrogens is 518 g/mol. The molecule has 4 heterocycles. The lowest BCUT2D eigenvalue weighted by Gasteiger charge is -2.23. The fourth-order valence-corrected chi connectivity index (χ4v) is 4.98. The van der Waals surface area contributed by atoms with E-state index in [1.54, 1.807) is 24.4 Å². The third-order valence-electron chi connectivity index (χ3n) is 5.82. The van der Waals surface area contributed by atoms with Gasteiger partial charge in [-0.15, -0.1) is 0 Å². The third-order valence-corrected chi connectivity index (χ3v) is 7.14. The first-order valence-corrected chi connectivity index (χ1v) is 13.2. The molecule has 0 aliphatic carbocycles. The minimum atomic E-state index is -4.18. The Bertz CT molecular complexity index is 1560. The van der Waals surface area contributed by atoms with Crippen LogP contribution in [0.3, 0.4) is 0 Å². The van der Waals surface area contributed by atoms with E-state index >= 15 is 0 Å². The Balaban J connectivity index is 1.38. The second-order valence-corrected chi connectivity index (χ2v) is 10.3. The van der Waals surface area contributed by atoms with Crippen molar-refractivity contribution >= 4 is 21.7 Å². The summed E-state index contributed by atoms with van der Waals surface area (Å²) in [6.07, 6.45) is 7.39. The van der Waals surface area contributed by atoms with E-state index in [-0.39, 0.29) is 16.8 Å². The Morgan fingerprint density at radius 2 is 2.00 bits per heavy atom. The van der Waals surface area contributed by atoms with Crippen LogP contribution in [-0.4, -0.2) is 52.3 Å². The molecule has 198 valence electrons. The largest absolute Gasteiger partial charge is 0.435 e. The van der Waals surface area contributed by atoms with Crippen LogP contribution in [0.4, 0.5) is 20.4 Å². The molecule has 11 nitrogen and oxygen atoms in total. The number of ether oxygens (including phenoxy) is 1. The van der Waals surface area contributed by atoms with Crippen molar-refractivity contribution in [2.45, 2.75) is 23.8 Å². The molecule has 5 rings (SSSR count). The number of benzene rings is 1. The molecular formula is C24H24F2N8O3S. The SMILES string of the molecule is Cn1cc(S(=O)(=O)Nc2ccc(Oc3ncccc3-c3ccnc(NC4CCCNC4)n3)c(F)c2F)cn1. The number of aromatic nitrogens is 5. The summed E-state index contributed by atoms with van der Waals surface area (Å²) in [6, 6.07) is 7.36. The minimum Gasteiger partial charge on any atom is -0.435 e. The van der Waals surface area contributed by atoms with Gasteiger partial charge in [-0.05, 0) is 49.7 Å². The molecule has 4 aromatic rings. The van der Waals surface area contributed by atoms with Crippen LogP contribution in [0.25, 0.3) is 11.3 Å². The number of piperidine rings is 1. The molecule has 1 aliphatic heterocycles. The normalized spacial score (nSPS) is 15.7. The highest BCUT2D eigenvalue weighted by atomic mass is 32.2. The van der Waals surface area contributed by atoms with Crippen molar-refractivity contribution in [1.82, 2.24) is 30.0 Å². The number of hydrogen-bond acceptors (Lipinski definition) is 9. The maximum atomic E-state index is 15.0. The smallest absolute Gasteiger partial charge is 0.265 e. The highest BCUT2D eigenvalue weighted by molar-refractivity contribution is 7.92. The second kappa shape index (κ2) is 10.7. The monoisotopic (exact) mass is 542 g/mol. The number of anilines is 2. The first-order chi connectivity index (χ1) is 18.3. The maximum absolute atomic E-state index is 15.0. The van der Waals surface area contributed by atoms with Crippen molar-refractivity contribution in [3.05, 3.63) is 66.8 Å². The zero-order valence-electron chi connectivity index (χ0n) is 20.2. The summed E-state index contributed by atoms with van der Waals surface area (Å²) in [5, 5.41) is 10.4. The van der Waals surface area contributed by atoms with E-state index < -0.39 is 33.1 Å². The first-order valence-electron chi connectivity index (χ1n) is 11.7. The Kier molecular flexibility index (Phi) is 7.15. The molecule has 1 atom stereocenters. The van der Waals surface area contributed by atoms with E-state index in [2.05, 4.69) is 30.7 Å². The number of nitrogens with one attached hydrogen (secondary N) is 3. The number of nitrogens with zero attached hydrogens (tertiary/aromatic N) is 5. The summed E-state index contributed by atoms with van der Waals surface area (Å²) in [4.78, 5) is 12.8. The van der Waals surface area contributed by atoms with Gasteiger partial charge in [0, 0.05) is 38.2 Å². The average molecular weight is 543 g/mol. The van der Waals surface area contributed by atoms with Gasteiger partial charge in [0.25, 0.3) is 10.0 Å². The zero-order chi connectivity index (χ0) is 26.7. The molecule has 0 saturated carbocycles. The fourth-order valence-electron chi connectivity index (χ4n) is 3.94. The van der Waals surface area contributed by atoms with E-state index in [1.165, 1.54) is 24.1 Å². The van der Waals surface area contributed by atoms with E-state index in [0.29, 0.717) is 17.2 Å². The van der Waals surface area contributed by atoms with Gasteiger partial charge in [0.1, 0.15) is 4.90 Å². The molecule has 0 radical (unpaired) electrons. The fraction of sp³-hybridized carbons (Fsp3) is 0.250. The predicted octanol–water partition coefficient (Wildman–Crippen LogP) is 3.31. The van der Waals surface area contributed by atoms with Gasteiger partial charge < -0.3 is 15.4 Å². The number of sulfonamides is 1. The van der Waals surface area contributed by atoms with Gasteiger partial charge in [-0.1, -0.05) is 0 Å². The van der Waals surface area contributed by atoms with Crippen molar-refractivity contribution in [1.29, 1.82) is 0 Å². The average Bonchev–Trinajstić information content (AvgIpc) is 3.37. The highest BCUT2D eigenvalue weighted by Gasteiger charge is 2.23. The molecule has 0 bridgehead atoms. The molecule has 1 aliphatic rings. The van der Waals surface area contributed by atoms with E-state index in [9.17, 15) is 17.2 Å². The summed E-state index contributed by atoms with van der Waals surface area (Å²) in [5.41, 5.74) is 0.320.